The smallest absolute Gasteiger partial charge is 0.450 e. The number of nitrogens with zero attached hydrogens (tertiary/aromatic N) is 3. The average Bonchev–Trinajstić information content (AvgIpc) is 3.19. The van der Waals surface area contributed by atoms with E-state index in [1.54, 1.807) is 17.5 Å². The van der Waals surface area contributed by atoms with E-state index in [9.17, 15) is 4.79 Å². The van der Waals surface area contributed by atoms with Crippen molar-refractivity contribution in [2.45, 2.75) is 32.0 Å². The van der Waals surface area contributed by atoms with Crippen molar-refractivity contribution in [3.05, 3.63) is 60.4 Å². The molecule has 0 spiro atoms. The Morgan fingerprint density at radius 1 is 1.24 bits per heavy atom. The zero-order valence-corrected chi connectivity index (χ0v) is 16.6. The molecule has 1 fully saturated rings. The number of piperidine rings is 1. The Kier molecular flexibility index (Phi) is 6.02. The molecule has 2 N–H and O–H groups in total. The molecule has 0 saturated carbocycles. The minimum absolute atomic E-state index is 0.391. The first-order chi connectivity index (χ1) is 14.2. The molecule has 0 radical (unpaired) electrons. The maximum Gasteiger partial charge on any atom is 0.507 e. The van der Waals surface area contributed by atoms with Crippen LogP contribution in [-0.4, -0.2) is 38.9 Å². The Labute approximate surface area is 173 Å². The molecule has 4 rings (SSSR count). The van der Waals surface area contributed by atoms with Crippen molar-refractivity contribution in [1.29, 1.82) is 0 Å². The van der Waals surface area contributed by atoms with Gasteiger partial charge in [-0.2, -0.15) is 0 Å². The Hall–Kier alpha value is -2.97. The van der Waals surface area contributed by atoms with Crippen LogP contribution in [0.2, 0.25) is 0 Å². The van der Waals surface area contributed by atoms with Crippen LogP contribution in [0, 0.1) is 0 Å². The molecule has 3 aromatic rings. The molecule has 2 aromatic heterocycles. The molecule has 1 saturated heterocycles. The topological polar surface area (TPSA) is 87.6 Å². The molecule has 29 heavy (non-hydrogen) atoms. The van der Waals surface area contributed by atoms with Crippen molar-refractivity contribution in [2.75, 3.05) is 11.9 Å². The van der Waals surface area contributed by atoms with Gasteiger partial charge in [-0.05, 0) is 42.5 Å². The standard InChI is InChI=1S/C21H22N4O3S/c26-21(27)28-19-8-4-5-11-25(19)14-15-9-10-22-18(12-15)24-20-23-13-17(29-20)16-6-2-1-3-7-16/h1-3,6-7,9-10,12-13,19H,4-5,8,11,14H2,(H,26,27)(H,22,23,24). The van der Waals surface area contributed by atoms with Gasteiger partial charge in [0.25, 0.3) is 0 Å². The number of ether oxygens (including phenoxy) is 1. The van der Waals surface area contributed by atoms with E-state index in [1.165, 1.54) is 0 Å². The van der Waals surface area contributed by atoms with Gasteiger partial charge in [0.05, 0.1) is 4.88 Å². The van der Waals surface area contributed by atoms with E-state index in [4.69, 9.17) is 9.84 Å². The van der Waals surface area contributed by atoms with E-state index >= 15 is 0 Å². The second-order valence-electron chi connectivity index (χ2n) is 6.87. The summed E-state index contributed by atoms with van der Waals surface area (Å²) < 4.78 is 5.05. The maximum absolute atomic E-state index is 11.0. The predicted molar refractivity (Wildman–Crippen MR) is 112 cm³/mol. The van der Waals surface area contributed by atoms with Crippen LogP contribution in [0.4, 0.5) is 15.7 Å². The van der Waals surface area contributed by atoms with E-state index in [1.807, 2.05) is 36.5 Å². The first kappa shape index (κ1) is 19.4. The summed E-state index contributed by atoms with van der Waals surface area (Å²) in [6, 6.07) is 14.0. The zero-order valence-electron chi connectivity index (χ0n) is 15.8. The van der Waals surface area contributed by atoms with Gasteiger partial charge in [-0.3, -0.25) is 4.90 Å². The molecule has 0 amide bonds. The van der Waals surface area contributed by atoms with Gasteiger partial charge in [-0.15, -0.1) is 0 Å². The molecule has 1 aliphatic heterocycles. The molecule has 150 valence electrons. The number of carboxylic acid groups (broad SMARTS) is 1. The number of nitrogens with one attached hydrogen (secondary N) is 1. The fourth-order valence-corrected chi connectivity index (χ4v) is 4.27. The van der Waals surface area contributed by atoms with Crippen molar-refractivity contribution < 1.29 is 14.6 Å². The second-order valence-corrected chi connectivity index (χ2v) is 7.91. The highest BCUT2D eigenvalue weighted by molar-refractivity contribution is 7.18. The molecule has 7 nitrogen and oxygen atoms in total. The number of likely N-dealkylation sites (tertiary alicyclic amines) is 1. The molecule has 1 aromatic carbocycles. The van der Waals surface area contributed by atoms with Crippen LogP contribution in [0.15, 0.2) is 54.9 Å². The first-order valence-corrected chi connectivity index (χ1v) is 10.4. The van der Waals surface area contributed by atoms with E-state index in [-0.39, 0.29) is 0 Å². The molecule has 1 unspecified atom stereocenters. The largest absolute Gasteiger partial charge is 0.507 e. The fraction of sp³-hybridized carbons (Fsp3) is 0.286. The number of pyridine rings is 1. The van der Waals surface area contributed by atoms with Gasteiger partial charge in [0.2, 0.25) is 0 Å². The third-order valence-corrected chi connectivity index (χ3v) is 5.76. The number of aromatic nitrogens is 2. The normalized spacial score (nSPS) is 17.0. The number of carbonyl (C=O) groups is 1. The predicted octanol–water partition coefficient (Wildman–Crippen LogP) is 4.96. The Bertz CT molecular complexity index is 963. The van der Waals surface area contributed by atoms with Gasteiger partial charge in [0, 0.05) is 25.5 Å². The summed E-state index contributed by atoms with van der Waals surface area (Å²) in [5.41, 5.74) is 2.18. The van der Waals surface area contributed by atoms with E-state index in [2.05, 4.69) is 32.3 Å². The highest BCUT2D eigenvalue weighted by Gasteiger charge is 2.25. The Balaban J connectivity index is 1.44. The molecular weight excluding hydrogens is 388 g/mol. The number of anilines is 2. The van der Waals surface area contributed by atoms with Gasteiger partial charge >= 0.3 is 6.16 Å². The van der Waals surface area contributed by atoms with E-state index < -0.39 is 12.4 Å². The Morgan fingerprint density at radius 3 is 2.93 bits per heavy atom. The second kappa shape index (κ2) is 9.02. The maximum atomic E-state index is 11.0. The summed E-state index contributed by atoms with van der Waals surface area (Å²) in [6.07, 6.45) is 4.73. The van der Waals surface area contributed by atoms with Crippen molar-refractivity contribution in [1.82, 2.24) is 14.9 Å². The SMILES string of the molecule is O=C(O)OC1CCCCN1Cc1ccnc(Nc2ncc(-c3ccccc3)s2)c1. The van der Waals surface area contributed by atoms with Crippen molar-refractivity contribution in [3.8, 4) is 10.4 Å². The number of thiazole rings is 1. The fourth-order valence-electron chi connectivity index (χ4n) is 3.44. The lowest BCUT2D eigenvalue weighted by Gasteiger charge is -2.34. The third-order valence-electron chi connectivity index (χ3n) is 4.80. The zero-order chi connectivity index (χ0) is 20.1. The third kappa shape index (κ3) is 5.10. The molecule has 0 aliphatic carbocycles. The summed E-state index contributed by atoms with van der Waals surface area (Å²) in [5, 5.41) is 13.0. The number of hydrogen-bond donors (Lipinski definition) is 2. The summed E-state index contributed by atoms with van der Waals surface area (Å²) >= 11 is 1.57. The van der Waals surface area contributed by atoms with Gasteiger partial charge in [-0.25, -0.2) is 14.8 Å². The molecule has 3 heterocycles. The highest BCUT2D eigenvalue weighted by atomic mass is 32.1. The van der Waals surface area contributed by atoms with Crippen molar-refractivity contribution in [2.24, 2.45) is 0 Å². The minimum Gasteiger partial charge on any atom is -0.450 e. The van der Waals surface area contributed by atoms with Crippen LogP contribution in [0.5, 0.6) is 0 Å². The lowest BCUT2D eigenvalue weighted by Crippen LogP contribution is -2.41. The van der Waals surface area contributed by atoms with Crippen LogP contribution in [0.1, 0.15) is 24.8 Å². The molecule has 1 atom stereocenters. The molecule has 1 aliphatic rings. The number of rotatable bonds is 6. The monoisotopic (exact) mass is 410 g/mol. The average molecular weight is 410 g/mol. The van der Waals surface area contributed by atoms with E-state index in [0.717, 1.165) is 46.9 Å². The van der Waals surface area contributed by atoms with Crippen LogP contribution in [0.3, 0.4) is 0 Å². The molecule has 0 bridgehead atoms. The van der Waals surface area contributed by atoms with Crippen molar-refractivity contribution >= 4 is 28.4 Å². The lowest BCUT2D eigenvalue weighted by atomic mass is 10.1. The highest BCUT2D eigenvalue weighted by Crippen LogP contribution is 2.30. The quantitative estimate of drug-likeness (QED) is 0.556. The van der Waals surface area contributed by atoms with E-state index in [0.29, 0.717) is 12.4 Å². The molecule has 8 heteroatoms. The van der Waals surface area contributed by atoms with Gasteiger partial charge < -0.3 is 15.2 Å². The van der Waals surface area contributed by atoms with Crippen molar-refractivity contribution in [3.63, 3.8) is 0 Å². The number of benzene rings is 1. The van der Waals surface area contributed by atoms with Crippen LogP contribution < -0.4 is 5.32 Å². The van der Waals surface area contributed by atoms with Gasteiger partial charge in [0.15, 0.2) is 11.4 Å². The Morgan fingerprint density at radius 2 is 2.10 bits per heavy atom. The van der Waals surface area contributed by atoms with Gasteiger partial charge in [0.1, 0.15) is 5.82 Å². The van der Waals surface area contributed by atoms with Crippen LogP contribution in [0.25, 0.3) is 10.4 Å². The molecular formula is C21H22N4O3S. The van der Waals surface area contributed by atoms with Gasteiger partial charge in [-0.1, -0.05) is 41.7 Å². The number of hydrogen-bond acceptors (Lipinski definition) is 7. The van der Waals surface area contributed by atoms with Crippen LogP contribution in [-0.2, 0) is 11.3 Å². The summed E-state index contributed by atoms with van der Waals surface area (Å²) in [6.45, 7) is 1.43. The summed E-state index contributed by atoms with van der Waals surface area (Å²) in [5.74, 6) is 0.712. The van der Waals surface area contributed by atoms with Crippen LogP contribution >= 0.6 is 11.3 Å². The first-order valence-electron chi connectivity index (χ1n) is 9.54. The lowest BCUT2D eigenvalue weighted by molar-refractivity contribution is -0.0591. The summed E-state index contributed by atoms with van der Waals surface area (Å²) in [4.78, 5) is 22.9. The summed E-state index contributed by atoms with van der Waals surface area (Å²) in [7, 11) is 0. The minimum atomic E-state index is -1.23.